The van der Waals surface area contributed by atoms with Gasteiger partial charge >= 0.3 is 5.97 Å². The van der Waals surface area contributed by atoms with Gasteiger partial charge in [0.15, 0.2) is 12.4 Å². The Bertz CT molecular complexity index is 1250. The second kappa shape index (κ2) is 7.74. The van der Waals surface area contributed by atoms with E-state index in [1.54, 1.807) is 19.1 Å². The summed E-state index contributed by atoms with van der Waals surface area (Å²) in [5, 5.41) is 6.27. The Morgan fingerprint density at radius 2 is 2.03 bits per heavy atom. The zero-order valence-corrected chi connectivity index (χ0v) is 15.4. The number of halogens is 2. The van der Waals surface area contributed by atoms with Gasteiger partial charge in [-0.2, -0.15) is 0 Å². The molecule has 0 aliphatic rings. The van der Waals surface area contributed by atoms with Gasteiger partial charge in [-0.15, -0.1) is 0 Å². The predicted octanol–water partition coefficient (Wildman–Crippen LogP) is 3.86. The Morgan fingerprint density at radius 3 is 2.80 bits per heavy atom. The Morgan fingerprint density at radius 1 is 1.20 bits per heavy atom. The second-order valence-electron chi connectivity index (χ2n) is 6.23. The Balaban J connectivity index is 1.55. The number of esters is 1. The molecule has 0 saturated heterocycles. The maximum Gasteiger partial charge on any atom is 0.339 e. The van der Waals surface area contributed by atoms with Crippen LogP contribution in [0.15, 0.2) is 51.6 Å². The van der Waals surface area contributed by atoms with Gasteiger partial charge in [0.2, 0.25) is 0 Å². The summed E-state index contributed by atoms with van der Waals surface area (Å²) in [7, 11) is 0. The molecule has 1 amide bonds. The van der Waals surface area contributed by atoms with E-state index in [0.29, 0.717) is 22.5 Å². The Hall–Kier alpha value is -4.08. The number of ether oxygens (including phenoxy) is 1. The number of pyridine rings is 1. The first-order valence-corrected chi connectivity index (χ1v) is 8.65. The quantitative estimate of drug-likeness (QED) is 0.495. The number of hydrogen-bond donors (Lipinski definition) is 1. The molecule has 152 valence electrons. The Kier molecular flexibility index (Phi) is 4.97. The maximum atomic E-state index is 13.6. The van der Waals surface area contributed by atoms with E-state index >= 15 is 0 Å². The highest BCUT2D eigenvalue weighted by Gasteiger charge is 2.22. The minimum Gasteiger partial charge on any atom is -0.463 e. The number of nitrogens with zero attached hydrogens (tertiary/aromatic N) is 2. The molecule has 3 heterocycles. The lowest BCUT2D eigenvalue weighted by Gasteiger charge is -2.08. The van der Waals surface area contributed by atoms with E-state index in [1.165, 1.54) is 12.3 Å². The van der Waals surface area contributed by atoms with E-state index in [-0.39, 0.29) is 17.0 Å². The number of nitrogens with one attached hydrogen (secondary N) is 1. The van der Waals surface area contributed by atoms with Crippen molar-refractivity contribution in [3.05, 3.63) is 65.6 Å². The first kappa shape index (κ1) is 19.2. The molecule has 0 aliphatic heterocycles. The van der Waals surface area contributed by atoms with Crippen LogP contribution in [-0.4, -0.2) is 28.6 Å². The van der Waals surface area contributed by atoms with Gasteiger partial charge in [-0.1, -0.05) is 5.16 Å². The van der Waals surface area contributed by atoms with Crippen molar-refractivity contribution in [1.82, 2.24) is 10.1 Å². The van der Waals surface area contributed by atoms with Crippen LogP contribution < -0.4 is 5.32 Å². The molecule has 3 aromatic heterocycles. The van der Waals surface area contributed by atoms with Gasteiger partial charge in [0.05, 0.1) is 28.6 Å². The highest BCUT2D eigenvalue weighted by atomic mass is 19.1. The third-order valence-corrected chi connectivity index (χ3v) is 4.15. The second-order valence-corrected chi connectivity index (χ2v) is 6.23. The van der Waals surface area contributed by atoms with Gasteiger partial charge < -0.3 is 19.0 Å². The molecule has 0 radical (unpaired) electrons. The average molecular weight is 413 g/mol. The molecule has 0 aliphatic carbocycles. The van der Waals surface area contributed by atoms with Crippen molar-refractivity contribution in [2.24, 2.45) is 0 Å². The fourth-order valence-electron chi connectivity index (χ4n) is 2.79. The molecule has 0 atom stereocenters. The highest BCUT2D eigenvalue weighted by Crippen LogP contribution is 2.27. The van der Waals surface area contributed by atoms with Crippen molar-refractivity contribution >= 4 is 28.7 Å². The minimum atomic E-state index is -0.851. The molecule has 0 bridgehead atoms. The number of benzene rings is 1. The third-order valence-electron chi connectivity index (χ3n) is 4.15. The smallest absolute Gasteiger partial charge is 0.339 e. The standard InChI is InChI=1S/C20H13F2N3O5/c1-10-18-12(8-15(16-3-2-6-28-16)24-19(18)30-25-10)20(27)29-9-17(26)23-14-7-11(21)4-5-13(14)22/h2-8H,9H2,1H3,(H,23,26). The van der Waals surface area contributed by atoms with Crippen LogP contribution in [0.1, 0.15) is 16.1 Å². The van der Waals surface area contributed by atoms with Crippen molar-refractivity contribution in [3.8, 4) is 11.5 Å². The summed E-state index contributed by atoms with van der Waals surface area (Å²) in [4.78, 5) is 28.9. The van der Waals surface area contributed by atoms with Gasteiger partial charge in [-0.3, -0.25) is 4.79 Å². The molecule has 8 nitrogen and oxygen atoms in total. The van der Waals surface area contributed by atoms with Crippen LogP contribution in [-0.2, 0) is 9.53 Å². The number of fused-ring (bicyclic) bond motifs is 1. The highest BCUT2D eigenvalue weighted by molar-refractivity contribution is 6.05. The van der Waals surface area contributed by atoms with Crippen molar-refractivity contribution in [1.29, 1.82) is 0 Å². The van der Waals surface area contributed by atoms with Crippen LogP contribution in [0.5, 0.6) is 0 Å². The third kappa shape index (κ3) is 3.75. The van der Waals surface area contributed by atoms with Crippen LogP contribution in [0.25, 0.3) is 22.6 Å². The number of aromatic nitrogens is 2. The van der Waals surface area contributed by atoms with Crippen LogP contribution in [0.4, 0.5) is 14.5 Å². The molecule has 1 N–H and O–H groups in total. The van der Waals surface area contributed by atoms with E-state index in [0.717, 1.165) is 18.2 Å². The number of anilines is 1. The summed E-state index contributed by atoms with van der Waals surface area (Å²) in [6.07, 6.45) is 1.45. The van der Waals surface area contributed by atoms with Crippen LogP contribution in [0.2, 0.25) is 0 Å². The lowest BCUT2D eigenvalue weighted by molar-refractivity contribution is -0.119. The zero-order valence-electron chi connectivity index (χ0n) is 15.4. The molecule has 0 unspecified atom stereocenters. The molecule has 10 heteroatoms. The van der Waals surface area contributed by atoms with E-state index < -0.39 is 30.1 Å². The molecule has 4 rings (SSSR count). The van der Waals surface area contributed by atoms with Gasteiger partial charge in [-0.05, 0) is 37.3 Å². The largest absolute Gasteiger partial charge is 0.463 e. The first-order valence-electron chi connectivity index (χ1n) is 8.65. The molecule has 0 saturated carbocycles. The number of amides is 1. The number of aryl methyl sites for hydroxylation is 1. The van der Waals surface area contributed by atoms with Crippen molar-refractivity contribution in [2.45, 2.75) is 6.92 Å². The van der Waals surface area contributed by atoms with E-state index in [1.807, 2.05) is 0 Å². The monoisotopic (exact) mass is 413 g/mol. The number of hydrogen-bond acceptors (Lipinski definition) is 7. The molecule has 1 aromatic carbocycles. The summed E-state index contributed by atoms with van der Waals surface area (Å²) in [6, 6.07) is 7.33. The van der Waals surface area contributed by atoms with E-state index in [9.17, 15) is 18.4 Å². The summed E-state index contributed by atoms with van der Waals surface area (Å²) in [6.45, 7) is 0.898. The van der Waals surface area contributed by atoms with Crippen LogP contribution in [0.3, 0.4) is 0 Å². The molecule has 30 heavy (non-hydrogen) atoms. The summed E-state index contributed by atoms with van der Waals surface area (Å²) >= 11 is 0. The van der Waals surface area contributed by atoms with Crippen LogP contribution >= 0.6 is 0 Å². The predicted molar refractivity (Wildman–Crippen MR) is 99.5 cm³/mol. The van der Waals surface area contributed by atoms with E-state index in [4.69, 9.17) is 13.7 Å². The lowest BCUT2D eigenvalue weighted by atomic mass is 10.1. The van der Waals surface area contributed by atoms with Gasteiger partial charge in [0.1, 0.15) is 17.3 Å². The molecular weight excluding hydrogens is 400 g/mol. The maximum absolute atomic E-state index is 13.6. The lowest BCUT2D eigenvalue weighted by Crippen LogP contribution is -2.21. The normalized spacial score (nSPS) is 10.9. The van der Waals surface area contributed by atoms with Crippen molar-refractivity contribution in [2.75, 3.05) is 11.9 Å². The molecule has 0 spiro atoms. The van der Waals surface area contributed by atoms with E-state index in [2.05, 4.69) is 15.5 Å². The summed E-state index contributed by atoms with van der Waals surface area (Å²) in [5.74, 6) is -2.85. The zero-order chi connectivity index (χ0) is 21.3. The molecular formula is C20H13F2N3O5. The Labute approximate surface area is 167 Å². The van der Waals surface area contributed by atoms with Gasteiger partial charge in [-0.25, -0.2) is 18.6 Å². The van der Waals surface area contributed by atoms with Crippen molar-refractivity contribution in [3.63, 3.8) is 0 Å². The SMILES string of the molecule is Cc1noc2nc(-c3ccco3)cc(C(=O)OCC(=O)Nc3cc(F)ccc3F)c12. The summed E-state index contributed by atoms with van der Waals surface area (Å²) in [5.41, 5.74) is 0.510. The average Bonchev–Trinajstić information content (AvgIpc) is 3.39. The fraction of sp³-hybridized carbons (Fsp3) is 0.100. The minimum absolute atomic E-state index is 0.0647. The van der Waals surface area contributed by atoms with Gasteiger partial charge in [0.25, 0.3) is 11.6 Å². The summed E-state index contributed by atoms with van der Waals surface area (Å²) < 4.78 is 42.3. The molecule has 0 fully saturated rings. The van der Waals surface area contributed by atoms with Gasteiger partial charge in [0, 0.05) is 6.07 Å². The topological polar surface area (TPSA) is 107 Å². The number of carbonyl (C=O) groups excluding carboxylic acids is 2. The van der Waals surface area contributed by atoms with Crippen LogP contribution in [0, 0.1) is 18.6 Å². The number of rotatable bonds is 5. The number of carbonyl (C=O) groups is 2. The number of furan rings is 1. The van der Waals surface area contributed by atoms with Crippen molar-refractivity contribution < 1.29 is 32.0 Å². The first-order chi connectivity index (χ1) is 14.4. The molecule has 4 aromatic rings. The fourth-order valence-corrected chi connectivity index (χ4v) is 2.79.